The van der Waals surface area contributed by atoms with Gasteiger partial charge < -0.3 is 20.6 Å². The van der Waals surface area contributed by atoms with Gasteiger partial charge in [0, 0.05) is 13.1 Å². The average Bonchev–Trinajstić information content (AvgIpc) is 3.37. The number of aliphatic carboxylic acids is 1. The van der Waals surface area contributed by atoms with E-state index in [1.807, 2.05) is 18.2 Å². The zero-order valence-electron chi connectivity index (χ0n) is 15.7. The van der Waals surface area contributed by atoms with Crippen LogP contribution in [-0.4, -0.2) is 53.1 Å². The second kappa shape index (κ2) is 7.60. The monoisotopic (exact) mass is 433 g/mol. The van der Waals surface area contributed by atoms with E-state index in [0.29, 0.717) is 10.9 Å². The van der Waals surface area contributed by atoms with Crippen molar-refractivity contribution in [1.82, 2.24) is 4.98 Å². The van der Waals surface area contributed by atoms with Crippen LogP contribution in [0.3, 0.4) is 0 Å². The summed E-state index contributed by atoms with van der Waals surface area (Å²) < 4.78 is 0. The number of thiazole rings is 1. The van der Waals surface area contributed by atoms with Crippen molar-refractivity contribution in [2.75, 3.05) is 29.4 Å². The molecule has 11 heteroatoms. The second-order valence-electron chi connectivity index (χ2n) is 7.32. The zero-order valence-corrected chi connectivity index (χ0v) is 17.3. The van der Waals surface area contributed by atoms with Crippen molar-refractivity contribution in [3.8, 4) is 0 Å². The molecule has 3 heterocycles. The summed E-state index contributed by atoms with van der Waals surface area (Å²) in [5.41, 5.74) is 6.97. The molecule has 3 N–H and O–H groups in total. The smallest absolute Gasteiger partial charge is 0.327 e. The molecule has 0 amide bonds. The molecular formula is C18H20ClN7O2S. The van der Waals surface area contributed by atoms with Crippen molar-refractivity contribution in [2.24, 2.45) is 21.2 Å². The van der Waals surface area contributed by atoms with Gasteiger partial charge in [-0.05, 0) is 30.7 Å². The molecule has 2 aliphatic heterocycles. The van der Waals surface area contributed by atoms with Gasteiger partial charge in [-0.25, -0.2) is 4.98 Å². The first-order valence-electron chi connectivity index (χ1n) is 9.04. The van der Waals surface area contributed by atoms with Crippen molar-refractivity contribution in [2.45, 2.75) is 24.9 Å². The van der Waals surface area contributed by atoms with Gasteiger partial charge in [-0.3, -0.25) is 4.79 Å². The second-order valence-corrected chi connectivity index (χ2v) is 8.74. The number of rotatable bonds is 6. The molecule has 0 aliphatic carbocycles. The Hall–Kier alpha value is -2.72. The number of para-hydroxylation sites is 1. The van der Waals surface area contributed by atoms with Crippen LogP contribution in [-0.2, 0) is 4.79 Å². The fourth-order valence-corrected chi connectivity index (χ4v) is 5.11. The van der Waals surface area contributed by atoms with Crippen LogP contribution in [0.4, 0.5) is 10.8 Å². The topological polar surface area (TPSA) is 120 Å². The van der Waals surface area contributed by atoms with E-state index in [2.05, 4.69) is 43.2 Å². The highest BCUT2D eigenvalue weighted by molar-refractivity contribution is 7.17. The first-order chi connectivity index (χ1) is 13.9. The number of carboxylic acid groups (broad SMARTS) is 1. The zero-order chi connectivity index (χ0) is 20.6. The van der Waals surface area contributed by atoms with Crippen molar-refractivity contribution in [1.29, 1.82) is 0 Å². The number of anilines is 2. The summed E-state index contributed by atoms with van der Waals surface area (Å²) in [4.78, 5) is 20.3. The largest absolute Gasteiger partial charge is 0.480 e. The molecule has 9 nitrogen and oxygen atoms in total. The Balaban J connectivity index is 1.47. The Morgan fingerprint density at radius 2 is 2.28 bits per heavy atom. The Morgan fingerprint density at radius 1 is 1.48 bits per heavy atom. The third kappa shape index (κ3) is 3.77. The average molecular weight is 434 g/mol. The van der Waals surface area contributed by atoms with Gasteiger partial charge in [0.25, 0.3) is 0 Å². The minimum Gasteiger partial charge on any atom is -0.480 e. The summed E-state index contributed by atoms with van der Waals surface area (Å²) in [5, 5.41) is 20.8. The number of nitrogens with two attached hydrogens (primary N) is 1. The van der Waals surface area contributed by atoms with E-state index >= 15 is 0 Å². The molecule has 0 spiro atoms. The number of piperazine rings is 1. The first kappa shape index (κ1) is 19.6. The Labute approximate surface area is 176 Å². The maximum atomic E-state index is 10.4. The predicted octanol–water partition coefficient (Wildman–Crippen LogP) is 2.81. The molecule has 4 rings (SSSR count). The van der Waals surface area contributed by atoms with E-state index in [-0.39, 0.29) is 11.4 Å². The minimum atomic E-state index is -1.08. The summed E-state index contributed by atoms with van der Waals surface area (Å²) in [7, 11) is 0. The van der Waals surface area contributed by atoms with Gasteiger partial charge >= 0.3 is 5.97 Å². The molecule has 1 aromatic carbocycles. The number of carboxylic acids is 1. The van der Waals surface area contributed by atoms with Crippen LogP contribution in [0.15, 0.2) is 45.9 Å². The number of hydrogen-bond donors (Lipinski definition) is 2. The van der Waals surface area contributed by atoms with E-state index < -0.39 is 12.5 Å². The molecule has 2 atom stereocenters. The maximum Gasteiger partial charge on any atom is 0.327 e. The summed E-state index contributed by atoms with van der Waals surface area (Å²) in [6.45, 7) is 3.53. The lowest BCUT2D eigenvalue weighted by Gasteiger charge is -2.42. The quantitative estimate of drug-likeness (QED) is 0.313. The number of carbonyl (C=O) groups is 1. The Morgan fingerprint density at radius 3 is 2.97 bits per heavy atom. The number of amidine groups is 1. The van der Waals surface area contributed by atoms with E-state index in [4.69, 9.17) is 22.4 Å². The molecule has 0 saturated carbocycles. The van der Waals surface area contributed by atoms with Gasteiger partial charge in [-0.15, -0.1) is 5.10 Å². The summed E-state index contributed by atoms with van der Waals surface area (Å²) in [5.74, 6) is -0.915. The Bertz CT molecular complexity index is 994. The number of aromatic nitrogens is 1. The van der Waals surface area contributed by atoms with Crippen LogP contribution >= 0.6 is 22.9 Å². The van der Waals surface area contributed by atoms with Crippen LogP contribution in [0.25, 0.3) is 0 Å². The van der Waals surface area contributed by atoms with Crippen LogP contribution < -0.4 is 15.5 Å². The number of fused-ring (bicyclic) bond motifs is 2. The standard InChI is InChI=1S/C18H20ClN7O2S/c1-18-6-11(9-26(18)13-5-3-2-4-12(13)19)25(10-18)17-21-7-14(29-17)16(20)23-24-22-8-15(27)28/h2-5,7,11H,6,8-10H2,1H3,(H,27,28)(H2,20,22,23)/t11-,18-/m0/s1. The molecule has 2 aliphatic rings. The van der Waals surface area contributed by atoms with Gasteiger partial charge in [0.05, 0.1) is 33.4 Å². The summed E-state index contributed by atoms with van der Waals surface area (Å²) >= 11 is 7.86. The molecule has 29 heavy (non-hydrogen) atoms. The summed E-state index contributed by atoms with van der Waals surface area (Å²) in [6.07, 6.45) is 2.69. The fraction of sp³-hybridized carbons (Fsp3) is 0.389. The van der Waals surface area contributed by atoms with Crippen LogP contribution in [0.5, 0.6) is 0 Å². The number of halogens is 1. The van der Waals surface area contributed by atoms with Gasteiger partial charge in [-0.2, -0.15) is 5.11 Å². The molecule has 0 radical (unpaired) electrons. The third-order valence-corrected chi connectivity index (χ3v) is 6.61. The lowest BCUT2D eigenvalue weighted by atomic mass is 10.0. The van der Waals surface area contributed by atoms with Crippen LogP contribution in [0.1, 0.15) is 18.2 Å². The van der Waals surface area contributed by atoms with E-state index in [1.54, 1.807) is 6.20 Å². The van der Waals surface area contributed by atoms with Gasteiger partial charge in [-0.1, -0.05) is 35.1 Å². The van der Waals surface area contributed by atoms with Crippen molar-refractivity contribution < 1.29 is 9.90 Å². The van der Waals surface area contributed by atoms with Crippen molar-refractivity contribution >= 4 is 45.6 Å². The lowest BCUT2D eigenvalue weighted by molar-refractivity contribution is -0.135. The van der Waals surface area contributed by atoms with Crippen molar-refractivity contribution in [3.05, 3.63) is 40.4 Å². The number of benzene rings is 1. The van der Waals surface area contributed by atoms with Gasteiger partial charge in [0.15, 0.2) is 17.5 Å². The van der Waals surface area contributed by atoms with E-state index in [1.165, 1.54) is 11.3 Å². The number of nitrogens with zero attached hydrogens (tertiary/aromatic N) is 6. The molecular weight excluding hydrogens is 414 g/mol. The van der Waals surface area contributed by atoms with Crippen molar-refractivity contribution in [3.63, 3.8) is 0 Å². The SMILES string of the molecule is C[C@@]12C[C@@H](CN1c1ccccc1Cl)N(c1ncc(/C(N)=N/N=NCC(=O)O)s1)C2. The van der Waals surface area contributed by atoms with Crippen LogP contribution in [0.2, 0.25) is 5.02 Å². The van der Waals surface area contributed by atoms with E-state index in [9.17, 15) is 4.79 Å². The predicted molar refractivity (Wildman–Crippen MR) is 113 cm³/mol. The normalized spacial score (nSPS) is 24.1. The highest BCUT2D eigenvalue weighted by Gasteiger charge is 2.52. The lowest BCUT2D eigenvalue weighted by Crippen LogP contribution is -2.53. The highest BCUT2D eigenvalue weighted by Crippen LogP contribution is 2.46. The first-order valence-corrected chi connectivity index (χ1v) is 10.2. The third-order valence-electron chi connectivity index (χ3n) is 5.23. The molecule has 2 bridgehead atoms. The minimum absolute atomic E-state index is 0.0217. The van der Waals surface area contributed by atoms with E-state index in [0.717, 1.165) is 35.4 Å². The fourth-order valence-electron chi connectivity index (χ4n) is 3.99. The summed E-state index contributed by atoms with van der Waals surface area (Å²) in [6, 6.07) is 8.28. The molecule has 1 aromatic heterocycles. The Kier molecular flexibility index (Phi) is 5.13. The molecule has 2 aromatic rings. The molecule has 0 unspecified atom stereocenters. The molecule has 2 fully saturated rings. The van der Waals surface area contributed by atoms with Gasteiger partial charge in [0.1, 0.15) is 0 Å². The van der Waals surface area contributed by atoms with Gasteiger partial charge in [0.2, 0.25) is 0 Å². The molecule has 2 saturated heterocycles. The number of hydrogen-bond acceptors (Lipinski definition) is 7. The maximum absolute atomic E-state index is 10.4. The highest BCUT2D eigenvalue weighted by atomic mass is 35.5. The van der Waals surface area contributed by atoms with Crippen LogP contribution in [0, 0.1) is 0 Å². The molecule has 152 valence electrons.